The fraction of sp³-hybridized carbons (Fsp3) is 0.682. The van der Waals surface area contributed by atoms with Gasteiger partial charge >= 0.3 is 0 Å². The van der Waals surface area contributed by atoms with Crippen molar-refractivity contribution >= 4 is 16.1 Å². The number of ether oxygens (including phenoxy) is 2. The molecule has 3 saturated heterocycles. The molecule has 0 aromatic heterocycles. The molecule has 1 amide bonds. The number of likely N-dealkylation sites (tertiary alicyclic amines) is 1. The van der Waals surface area contributed by atoms with Gasteiger partial charge in [0.05, 0.1) is 19.8 Å². The predicted molar refractivity (Wildman–Crippen MR) is 117 cm³/mol. The number of carbonyl (C=O) groups is 1. The number of hydrogen-bond donors (Lipinski definition) is 0. The van der Waals surface area contributed by atoms with Crippen LogP contribution in [0.1, 0.15) is 25.7 Å². The van der Waals surface area contributed by atoms with Crippen LogP contribution in [0.4, 0.5) is 4.39 Å². The molecule has 3 aliphatic rings. The maximum atomic E-state index is 13.6. The third kappa shape index (κ3) is 5.41. The van der Waals surface area contributed by atoms with E-state index in [-0.39, 0.29) is 23.4 Å². The Hall–Kier alpha value is -1.75. The molecule has 178 valence electrons. The quantitative estimate of drug-likeness (QED) is 0.608. The molecule has 4 rings (SSSR count). The third-order valence-electron chi connectivity index (χ3n) is 6.64. The summed E-state index contributed by atoms with van der Waals surface area (Å²) in [5.41, 5.74) is 0. The SMILES string of the molecule is O=C(C1CCN(S(=O)(=O)N2CCOCC2)CC1)N1CCC(CCOc2ccccc2F)C1. The largest absolute Gasteiger partial charge is 0.491 e. The molecule has 1 aromatic carbocycles. The van der Waals surface area contributed by atoms with E-state index in [2.05, 4.69) is 0 Å². The molecule has 0 saturated carbocycles. The van der Waals surface area contributed by atoms with Crippen molar-refractivity contribution in [3.8, 4) is 5.75 Å². The van der Waals surface area contributed by atoms with Crippen LogP contribution in [0.15, 0.2) is 24.3 Å². The van der Waals surface area contributed by atoms with Crippen molar-refractivity contribution in [1.82, 2.24) is 13.5 Å². The van der Waals surface area contributed by atoms with E-state index >= 15 is 0 Å². The highest BCUT2D eigenvalue weighted by Gasteiger charge is 2.37. The molecule has 0 bridgehead atoms. The van der Waals surface area contributed by atoms with Gasteiger partial charge in [-0.25, -0.2) is 4.39 Å². The average molecular weight is 470 g/mol. The first-order chi connectivity index (χ1) is 15.4. The zero-order valence-electron chi connectivity index (χ0n) is 18.3. The Kier molecular flexibility index (Phi) is 7.65. The maximum absolute atomic E-state index is 13.6. The molecule has 32 heavy (non-hydrogen) atoms. The van der Waals surface area contributed by atoms with Gasteiger partial charge in [-0.2, -0.15) is 17.0 Å². The Morgan fingerprint density at radius 3 is 2.44 bits per heavy atom. The molecular formula is C22H32FN3O5S. The number of para-hydroxylation sites is 1. The van der Waals surface area contributed by atoms with Crippen molar-refractivity contribution in [3.63, 3.8) is 0 Å². The lowest BCUT2D eigenvalue weighted by molar-refractivity contribution is -0.135. The monoisotopic (exact) mass is 469 g/mol. The van der Waals surface area contributed by atoms with Crippen molar-refractivity contribution in [2.24, 2.45) is 11.8 Å². The second-order valence-corrected chi connectivity index (χ2v) is 10.6. The molecule has 10 heteroatoms. The summed E-state index contributed by atoms with van der Waals surface area (Å²) in [4.78, 5) is 14.9. The highest BCUT2D eigenvalue weighted by atomic mass is 32.2. The summed E-state index contributed by atoms with van der Waals surface area (Å²) < 4.78 is 53.0. The van der Waals surface area contributed by atoms with Gasteiger partial charge in [0.15, 0.2) is 11.6 Å². The minimum Gasteiger partial charge on any atom is -0.491 e. The standard InChI is InChI=1S/C22H32FN3O5S/c23-20-3-1-2-4-21(20)31-14-8-18-5-9-24(17-18)22(27)19-6-10-25(11-7-19)32(28,29)26-12-15-30-16-13-26/h1-4,18-19H,5-17H2. The van der Waals surface area contributed by atoms with Gasteiger partial charge in [0.25, 0.3) is 10.2 Å². The van der Waals surface area contributed by atoms with Crippen LogP contribution in [0.5, 0.6) is 5.75 Å². The minimum atomic E-state index is -3.48. The highest BCUT2D eigenvalue weighted by Crippen LogP contribution is 2.27. The highest BCUT2D eigenvalue weighted by molar-refractivity contribution is 7.86. The molecule has 1 atom stereocenters. The van der Waals surface area contributed by atoms with Crippen LogP contribution in [0.2, 0.25) is 0 Å². The van der Waals surface area contributed by atoms with E-state index in [1.54, 1.807) is 18.2 Å². The van der Waals surface area contributed by atoms with Gasteiger partial charge < -0.3 is 14.4 Å². The smallest absolute Gasteiger partial charge is 0.282 e. The summed E-state index contributed by atoms with van der Waals surface area (Å²) in [5.74, 6) is 0.243. The maximum Gasteiger partial charge on any atom is 0.282 e. The molecule has 3 heterocycles. The molecule has 1 aromatic rings. The van der Waals surface area contributed by atoms with Crippen LogP contribution < -0.4 is 4.74 Å². The molecule has 0 radical (unpaired) electrons. The number of rotatable bonds is 7. The lowest BCUT2D eigenvalue weighted by Crippen LogP contribution is -2.51. The van der Waals surface area contributed by atoms with Crippen LogP contribution in [0.3, 0.4) is 0 Å². The summed E-state index contributed by atoms with van der Waals surface area (Å²) in [7, 11) is -3.48. The van der Waals surface area contributed by atoms with Crippen LogP contribution in [-0.2, 0) is 19.7 Å². The zero-order chi connectivity index (χ0) is 22.6. The van der Waals surface area contributed by atoms with Crippen LogP contribution >= 0.6 is 0 Å². The van der Waals surface area contributed by atoms with Crippen LogP contribution in [0, 0.1) is 17.7 Å². The Morgan fingerprint density at radius 1 is 1.03 bits per heavy atom. The van der Waals surface area contributed by atoms with Gasteiger partial charge in [-0.15, -0.1) is 0 Å². The number of carbonyl (C=O) groups excluding carboxylic acids is 1. The van der Waals surface area contributed by atoms with Crippen molar-refractivity contribution in [1.29, 1.82) is 0 Å². The Labute approximate surface area is 189 Å². The third-order valence-corrected chi connectivity index (χ3v) is 8.68. The lowest BCUT2D eigenvalue weighted by atomic mass is 9.96. The van der Waals surface area contributed by atoms with E-state index in [0.717, 1.165) is 19.4 Å². The molecule has 0 aliphatic carbocycles. The summed E-state index contributed by atoms with van der Waals surface area (Å²) in [6.07, 6.45) is 2.80. The van der Waals surface area contributed by atoms with Crippen molar-refractivity contribution in [2.75, 3.05) is 59.1 Å². The number of nitrogens with zero attached hydrogens (tertiary/aromatic N) is 3. The van der Waals surface area contributed by atoms with E-state index in [0.29, 0.717) is 71.3 Å². The number of hydrogen-bond acceptors (Lipinski definition) is 5. The first-order valence-electron chi connectivity index (χ1n) is 11.4. The normalized spacial score (nSPS) is 24.0. The molecule has 3 fully saturated rings. The van der Waals surface area contributed by atoms with Gasteiger partial charge in [-0.3, -0.25) is 4.79 Å². The topological polar surface area (TPSA) is 79.4 Å². The van der Waals surface area contributed by atoms with Crippen LogP contribution in [0.25, 0.3) is 0 Å². The molecule has 0 N–H and O–H groups in total. The fourth-order valence-electron chi connectivity index (χ4n) is 4.70. The van der Waals surface area contributed by atoms with Crippen molar-refractivity contribution in [2.45, 2.75) is 25.7 Å². The van der Waals surface area contributed by atoms with Gasteiger partial charge in [-0.05, 0) is 43.7 Å². The Bertz CT molecular complexity index is 885. The number of morpholine rings is 1. The predicted octanol–water partition coefficient (Wildman–Crippen LogP) is 1.73. The molecule has 0 spiro atoms. The van der Waals surface area contributed by atoms with E-state index in [1.807, 2.05) is 4.90 Å². The summed E-state index contributed by atoms with van der Waals surface area (Å²) in [6, 6.07) is 6.37. The fourth-order valence-corrected chi connectivity index (χ4v) is 6.31. The van der Waals surface area contributed by atoms with Gasteiger partial charge in [0.2, 0.25) is 5.91 Å². The second kappa shape index (κ2) is 10.5. The first-order valence-corrected chi connectivity index (χ1v) is 12.8. The number of amides is 1. The van der Waals surface area contributed by atoms with Gasteiger partial charge in [0.1, 0.15) is 0 Å². The summed E-state index contributed by atoms with van der Waals surface area (Å²) in [5, 5.41) is 0. The Balaban J connectivity index is 1.20. The molecular weight excluding hydrogens is 437 g/mol. The van der Waals surface area contributed by atoms with Gasteiger partial charge in [-0.1, -0.05) is 12.1 Å². The van der Waals surface area contributed by atoms with E-state index < -0.39 is 10.2 Å². The van der Waals surface area contributed by atoms with E-state index in [4.69, 9.17) is 9.47 Å². The number of halogens is 1. The number of piperidine rings is 1. The van der Waals surface area contributed by atoms with Crippen molar-refractivity contribution < 1.29 is 27.1 Å². The van der Waals surface area contributed by atoms with Crippen LogP contribution in [-0.4, -0.2) is 86.9 Å². The average Bonchev–Trinajstić information content (AvgIpc) is 3.29. The zero-order valence-corrected chi connectivity index (χ0v) is 19.1. The van der Waals surface area contributed by atoms with Crippen molar-refractivity contribution in [3.05, 3.63) is 30.1 Å². The minimum absolute atomic E-state index is 0.125. The van der Waals surface area contributed by atoms with E-state index in [9.17, 15) is 17.6 Å². The molecule has 8 nitrogen and oxygen atoms in total. The van der Waals surface area contributed by atoms with Gasteiger partial charge in [0, 0.05) is 45.2 Å². The molecule has 3 aliphatic heterocycles. The molecule has 1 unspecified atom stereocenters. The van der Waals surface area contributed by atoms with E-state index in [1.165, 1.54) is 14.7 Å². The number of benzene rings is 1. The summed E-state index contributed by atoms with van der Waals surface area (Å²) >= 11 is 0. The second-order valence-electron chi connectivity index (χ2n) is 8.70. The lowest BCUT2D eigenvalue weighted by Gasteiger charge is -2.36. The Morgan fingerprint density at radius 2 is 1.72 bits per heavy atom. The summed E-state index contributed by atoms with van der Waals surface area (Å²) in [6.45, 7) is 4.21. The first kappa shape index (κ1) is 23.4.